The average molecular weight is 198 g/mol. The fraction of sp³-hybridized carbons (Fsp3) is 0.231. The van der Waals surface area contributed by atoms with E-state index in [0.29, 0.717) is 0 Å². The summed E-state index contributed by atoms with van der Waals surface area (Å²) >= 11 is 0. The molecule has 76 valence electrons. The number of hydrogen-bond acceptors (Lipinski definition) is 2. The van der Waals surface area contributed by atoms with Crippen molar-refractivity contribution in [1.29, 1.82) is 0 Å². The molecule has 0 aromatic heterocycles. The number of anilines is 1. The van der Waals surface area contributed by atoms with Gasteiger partial charge in [0.15, 0.2) is 0 Å². The van der Waals surface area contributed by atoms with Gasteiger partial charge in [-0.1, -0.05) is 30.4 Å². The number of rotatable bonds is 1. The molecule has 0 spiro atoms. The summed E-state index contributed by atoms with van der Waals surface area (Å²) in [6.45, 7) is 2.07. The van der Waals surface area contributed by atoms with E-state index in [4.69, 9.17) is 0 Å². The fourth-order valence-electron chi connectivity index (χ4n) is 2.22. The quantitative estimate of drug-likeness (QED) is 0.683. The molecule has 1 aromatic rings. The Labute approximate surface area is 90.1 Å². The molecule has 2 heteroatoms. The summed E-state index contributed by atoms with van der Waals surface area (Å²) in [7, 11) is 0. The van der Waals surface area contributed by atoms with Gasteiger partial charge in [-0.2, -0.15) is 0 Å². The van der Waals surface area contributed by atoms with Gasteiger partial charge in [0.05, 0.1) is 12.2 Å². The monoisotopic (exact) mass is 198 g/mol. The number of benzene rings is 1. The molecule has 2 heterocycles. The smallest absolute Gasteiger partial charge is 0.0606 e. The predicted octanol–water partition coefficient (Wildman–Crippen LogP) is 2.35. The topological polar surface area (TPSA) is 6.48 Å². The molecule has 15 heavy (non-hydrogen) atoms. The van der Waals surface area contributed by atoms with Gasteiger partial charge in [-0.3, -0.25) is 10.0 Å². The Morgan fingerprint density at radius 1 is 1.07 bits per heavy atom. The summed E-state index contributed by atoms with van der Waals surface area (Å²) in [6.07, 6.45) is 9.66. The highest BCUT2D eigenvalue weighted by Crippen LogP contribution is 2.29. The minimum Gasteiger partial charge on any atom is -0.289 e. The molecule has 0 atom stereocenters. The summed E-state index contributed by atoms with van der Waals surface area (Å²) in [5.74, 6) is 0. The van der Waals surface area contributed by atoms with Gasteiger partial charge in [0.1, 0.15) is 0 Å². The van der Waals surface area contributed by atoms with Crippen LogP contribution in [0.25, 0.3) is 0 Å². The maximum Gasteiger partial charge on any atom is 0.0606 e. The maximum absolute atomic E-state index is 2.36. The molecule has 2 aliphatic rings. The molecule has 0 N–H and O–H groups in total. The highest BCUT2D eigenvalue weighted by atomic mass is 15.6. The van der Waals surface area contributed by atoms with E-state index in [1.807, 2.05) is 0 Å². The van der Waals surface area contributed by atoms with Gasteiger partial charge in [-0.25, -0.2) is 0 Å². The highest BCUT2D eigenvalue weighted by molar-refractivity contribution is 5.57. The molecule has 0 bridgehead atoms. The lowest BCUT2D eigenvalue weighted by molar-refractivity contribution is 0.384. The number of fused-ring (bicyclic) bond motifs is 1. The van der Waals surface area contributed by atoms with E-state index in [1.165, 1.54) is 11.3 Å². The Hall–Kier alpha value is -1.70. The molecule has 0 aliphatic carbocycles. The van der Waals surface area contributed by atoms with Crippen molar-refractivity contribution in [2.24, 2.45) is 0 Å². The van der Waals surface area contributed by atoms with Gasteiger partial charge < -0.3 is 0 Å². The van der Waals surface area contributed by atoms with Gasteiger partial charge >= 0.3 is 0 Å². The molecule has 0 fully saturated rings. The SMILES string of the molecule is C1=CCN(N2CCc3ccccc32)C=C1. The lowest BCUT2D eigenvalue weighted by Crippen LogP contribution is -2.38. The zero-order valence-electron chi connectivity index (χ0n) is 8.63. The van der Waals surface area contributed by atoms with Crippen LogP contribution in [0.5, 0.6) is 0 Å². The second-order valence-electron chi connectivity index (χ2n) is 3.89. The van der Waals surface area contributed by atoms with Crippen LogP contribution in [-0.4, -0.2) is 18.1 Å². The molecule has 2 nitrogen and oxygen atoms in total. The second-order valence-corrected chi connectivity index (χ2v) is 3.89. The molecule has 0 unspecified atom stereocenters. The zero-order chi connectivity index (χ0) is 10.1. The molecule has 1 aromatic carbocycles. The number of nitrogens with zero attached hydrogens (tertiary/aromatic N) is 2. The largest absolute Gasteiger partial charge is 0.289 e. The fourth-order valence-corrected chi connectivity index (χ4v) is 2.22. The van der Waals surface area contributed by atoms with Crippen molar-refractivity contribution in [2.75, 3.05) is 18.1 Å². The number of hydrogen-bond donors (Lipinski definition) is 0. The Bertz CT molecular complexity index is 420. The first-order valence-corrected chi connectivity index (χ1v) is 5.40. The average Bonchev–Trinajstić information content (AvgIpc) is 2.74. The molecule has 2 aliphatic heterocycles. The first-order valence-electron chi connectivity index (χ1n) is 5.40. The van der Waals surface area contributed by atoms with Crippen LogP contribution in [0, 0.1) is 0 Å². The first kappa shape index (κ1) is 8.60. The van der Waals surface area contributed by atoms with E-state index in [0.717, 1.165) is 19.5 Å². The van der Waals surface area contributed by atoms with E-state index >= 15 is 0 Å². The summed E-state index contributed by atoms with van der Waals surface area (Å²) in [5.41, 5.74) is 2.82. The molecule has 0 amide bonds. The Kier molecular flexibility index (Phi) is 1.98. The predicted molar refractivity (Wildman–Crippen MR) is 62.5 cm³/mol. The standard InChI is InChI=1S/C13H14N2/c1-4-9-14(10-5-1)15-11-8-12-6-2-3-7-13(12)15/h1-7,9H,8,10-11H2. The maximum atomic E-state index is 2.36. The lowest BCUT2D eigenvalue weighted by atomic mass is 10.2. The minimum atomic E-state index is 0.977. The van der Waals surface area contributed by atoms with Crippen LogP contribution >= 0.6 is 0 Å². The molecule has 3 rings (SSSR count). The van der Waals surface area contributed by atoms with Crippen LogP contribution in [0.15, 0.2) is 48.7 Å². The van der Waals surface area contributed by atoms with Crippen LogP contribution in [0.4, 0.5) is 5.69 Å². The zero-order valence-corrected chi connectivity index (χ0v) is 8.63. The second kappa shape index (κ2) is 3.46. The van der Waals surface area contributed by atoms with E-state index in [-0.39, 0.29) is 0 Å². The Balaban J connectivity index is 1.90. The number of para-hydroxylation sites is 1. The summed E-state index contributed by atoms with van der Waals surface area (Å²) in [4.78, 5) is 0. The van der Waals surface area contributed by atoms with Gasteiger partial charge in [-0.15, -0.1) is 0 Å². The van der Waals surface area contributed by atoms with E-state index in [2.05, 4.69) is 58.7 Å². The first-order chi connectivity index (χ1) is 7.45. The Morgan fingerprint density at radius 3 is 2.87 bits per heavy atom. The van der Waals surface area contributed by atoms with Crippen molar-refractivity contribution in [1.82, 2.24) is 5.01 Å². The van der Waals surface area contributed by atoms with Crippen LogP contribution in [0.1, 0.15) is 5.56 Å². The normalized spacial score (nSPS) is 18.4. The highest BCUT2D eigenvalue weighted by Gasteiger charge is 2.21. The van der Waals surface area contributed by atoms with E-state index in [1.54, 1.807) is 0 Å². The van der Waals surface area contributed by atoms with Crippen LogP contribution in [0.2, 0.25) is 0 Å². The molecular weight excluding hydrogens is 184 g/mol. The van der Waals surface area contributed by atoms with Crippen molar-refractivity contribution in [2.45, 2.75) is 6.42 Å². The van der Waals surface area contributed by atoms with Crippen molar-refractivity contribution in [3.05, 3.63) is 54.3 Å². The molecule has 0 saturated heterocycles. The third-order valence-electron chi connectivity index (χ3n) is 2.97. The molecular formula is C13H14N2. The Morgan fingerprint density at radius 2 is 2.00 bits per heavy atom. The minimum absolute atomic E-state index is 0.977. The van der Waals surface area contributed by atoms with Gasteiger partial charge in [0, 0.05) is 12.7 Å². The van der Waals surface area contributed by atoms with Crippen molar-refractivity contribution in [3.8, 4) is 0 Å². The summed E-state index contributed by atoms with van der Waals surface area (Å²) < 4.78 is 0. The van der Waals surface area contributed by atoms with E-state index < -0.39 is 0 Å². The number of allylic oxidation sites excluding steroid dienone is 2. The summed E-state index contributed by atoms with van der Waals surface area (Å²) in [6, 6.07) is 8.66. The third-order valence-corrected chi connectivity index (χ3v) is 2.97. The van der Waals surface area contributed by atoms with Crippen LogP contribution in [-0.2, 0) is 6.42 Å². The van der Waals surface area contributed by atoms with Gasteiger partial charge in [0.2, 0.25) is 0 Å². The molecule has 0 radical (unpaired) electrons. The van der Waals surface area contributed by atoms with Crippen LogP contribution in [0.3, 0.4) is 0 Å². The van der Waals surface area contributed by atoms with Gasteiger partial charge in [0.25, 0.3) is 0 Å². The van der Waals surface area contributed by atoms with Crippen molar-refractivity contribution in [3.63, 3.8) is 0 Å². The third kappa shape index (κ3) is 1.42. The summed E-state index contributed by atoms with van der Waals surface area (Å²) in [5, 5.41) is 4.63. The van der Waals surface area contributed by atoms with Crippen LogP contribution < -0.4 is 5.01 Å². The van der Waals surface area contributed by atoms with Crippen molar-refractivity contribution < 1.29 is 0 Å². The van der Waals surface area contributed by atoms with Crippen molar-refractivity contribution >= 4 is 5.69 Å². The van der Waals surface area contributed by atoms with E-state index in [9.17, 15) is 0 Å². The lowest BCUT2D eigenvalue weighted by Gasteiger charge is -2.33. The molecule has 0 saturated carbocycles. The van der Waals surface area contributed by atoms with Gasteiger partial charge in [-0.05, 0) is 24.1 Å². The number of hydrazine groups is 1.